The van der Waals surface area contributed by atoms with Gasteiger partial charge >= 0.3 is 0 Å². The van der Waals surface area contributed by atoms with E-state index in [2.05, 4.69) is 15.2 Å². The third-order valence-corrected chi connectivity index (χ3v) is 2.87. The van der Waals surface area contributed by atoms with Crippen molar-refractivity contribution in [3.05, 3.63) is 58.5 Å². The fourth-order valence-corrected chi connectivity index (χ4v) is 1.91. The van der Waals surface area contributed by atoms with E-state index in [9.17, 15) is 4.79 Å². The zero-order chi connectivity index (χ0) is 12.5. The molecule has 4 nitrogen and oxygen atoms in total. The molecule has 18 heavy (non-hydrogen) atoms. The maximum Gasteiger partial charge on any atom is 0.273 e. The van der Waals surface area contributed by atoms with E-state index in [1.165, 1.54) is 5.56 Å². The van der Waals surface area contributed by atoms with Crippen LogP contribution in [-0.4, -0.2) is 15.2 Å². The minimum Gasteiger partial charge on any atom is -0.267 e. The summed E-state index contributed by atoms with van der Waals surface area (Å²) in [7, 11) is 0. The van der Waals surface area contributed by atoms with E-state index in [1.807, 2.05) is 31.2 Å². The largest absolute Gasteiger partial charge is 0.273 e. The lowest BCUT2D eigenvalue weighted by atomic mass is 10.1. The van der Waals surface area contributed by atoms with Crippen LogP contribution in [0.25, 0.3) is 22.2 Å². The molecule has 0 aliphatic carbocycles. The van der Waals surface area contributed by atoms with Gasteiger partial charge in [-0.05, 0) is 19.1 Å². The number of aryl methyl sites for hydroxylation is 1. The number of aromatic amines is 1. The van der Waals surface area contributed by atoms with Gasteiger partial charge in [0.2, 0.25) is 0 Å². The molecular weight excluding hydrogens is 226 g/mol. The monoisotopic (exact) mass is 237 g/mol. The Bertz CT molecular complexity index is 760. The van der Waals surface area contributed by atoms with Gasteiger partial charge in [-0.25, -0.2) is 5.10 Å². The molecule has 0 spiro atoms. The molecule has 0 atom stereocenters. The fraction of sp³-hybridized carbons (Fsp3) is 0.0714. The zero-order valence-corrected chi connectivity index (χ0v) is 9.84. The van der Waals surface area contributed by atoms with Crippen LogP contribution in [0.15, 0.2) is 47.4 Å². The standard InChI is InChI=1S/C14H11N3O/c1-9-4-6-10(7-5-9)12-13-11(3-2-8-15-13)14(18)17-16-12/h2-8H,1H3,(H,17,18). The quantitative estimate of drug-likeness (QED) is 0.706. The molecule has 0 saturated heterocycles. The van der Waals surface area contributed by atoms with Crippen molar-refractivity contribution in [1.29, 1.82) is 0 Å². The molecule has 0 unspecified atom stereocenters. The molecule has 0 fully saturated rings. The van der Waals surface area contributed by atoms with Gasteiger partial charge in [-0.1, -0.05) is 29.8 Å². The number of benzene rings is 1. The van der Waals surface area contributed by atoms with Gasteiger partial charge in [0, 0.05) is 11.8 Å². The normalized spacial score (nSPS) is 10.7. The summed E-state index contributed by atoms with van der Waals surface area (Å²) in [6.07, 6.45) is 1.67. The van der Waals surface area contributed by atoms with Crippen LogP contribution in [0.4, 0.5) is 0 Å². The van der Waals surface area contributed by atoms with Gasteiger partial charge in [-0.2, -0.15) is 5.10 Å². The zero-order valence-electron chi connectivity index (χ0n) is 9.84. The molecule has 0 saturated carbocycles. The Kier molecular flexibility index (Phi) is 2.41. The number of hydrogen-bond donors (Lipinski definition) is 1. The molecule has 3 rings (SSSR count). The van der Waals surface area contributed by atoms with E-state index in [1.54, 1.807) is 18.3 Å². The van der Waals surface area contributed by atoms with Crippen molar-refractivity contribution in [1.82, 2.24) is 15.2 Å². The number of nitrogens with one attached hydrogen (secondary N) is 1. The molecule has 4 heteroatoms. The molecule has 88 valence electrons. The first kappa shape index (κ1) is 10.7. The van der Waals surface area contributed by atoms with Crippen molar-refractivity contribution in [3.8, 4) is 11.3 Å². The average molecular weight is 237 g/mol. The lowest BCUT2D eigenvalue weighted by Crippen LogP contribution is -2.10. The predicted molar refractivity (Wildman–Crippen MR) is 70.3 cm³/mol. The van der Waals surface area contributed by atoms with Crippen LogP contribution in [0, 0.1) is 6.92 Å². The molecular formula is C14H11N3O. The van der Waals surface area contributed by atoms with Gasteiger partial charge in [0.15, 0.2) is 0 Å². The van der Waals surface area contributed by atoms with Crippen LogP contribution < -0.4 is 5.56 Å². The van der Waals surface area contributed by atoms with Crippen LogP contribution >= 0.6 is 0 Å². The second-order valence-electron chi connectivity index (χ2n) is 4.17. The highest BCUT2D eigenvalue weighted by Gasteiger charge is 2.08. The minimum atomic E-state index is -0.214. The molecule has 1 N–H and O–H groups in total. The summed E-state index contributed by atoms with van der Waals surface area (Å²) in [5, 5.41) is 7.18. The minimum absolute atomic E-state index is 0.214. The first-order valence-corrected chi connectivity index (χ1v) is 5.66. The Labute approximate surface area is 103 Å². The number of aromatic nitrogens is 3. The molecule has 2 aromatic heterocycles. The highest BCUT2D eigenvalue weighted by atomic mass is 16.1. The van der Waals surface area contributed by atoms with Gasteiger partial charge in [0.25, 0.3) is 5.56 Å². The van der Waals surface area contributed by atoms with E-state index in [4.69, 9.17) is 0 Å². The highest BCUT2D eigenvalue weighted by molar-refractivity contribution is 5.90. The number of H-pyrrole nitrogens is 1. The number of hydrogen-bond acceptors (Lipinski definition) is 3. The smallest absolute Gasteiger partial charge is 0.267 e. The van der Waals surface area contributed by atoms with Gasteiger partial charge in [-0.15, -0.1) is 0 Å². The summed E-state index contributed by atoms with van der Waals surface area (Å²) in [6.45, 7) is 2.03. The lowest BCUT2D eigenvalue weighted by molar-refractivity contribution is 1.01. The van der Waals surface area contributed by atoms with Crippen LogP contribution in [0.1, 0.15) is 5.56 Å². The second-order valence-corrected chi connectivity index (χ2v) is 4.17. The molecule has 0 aliphatic heterocycles. The Balaban J connectivity index is 2.33. The second kappa shape index (κ2) is 4.07. The van der Waals surface area contributed by atoms with E-state index >= 15 is 0 Å². The van der Waals surface area contributed by atoms with Crippen LogP contribution in [-0.2, 0) is 0 Å². The lowest BCUT2D eigenvalue weighted by Gasteiger charge is -2.04. The molecule has 2 heterocycles. The Morgan fingerprint density at radius 1 is 1.11 bits per heavy atom. The van der Waals surface area contributed by atoms with Crippen molar-refractivity contribution in [2.24, 2.45) is 0 Å². The maximum atomic E-state index is 11.7. The van der Waals surface area contributed by atoms with Crippen molar-refractivity contribution in [2.45, 2.75) is 6.92 Å². The molecule has 0 bridgehead atoms. The summed E-state index contributed by atoms with van der Waals surface area (Å²) < 4.78 is 0. The molecule has 0 radical (unpaired) electrons. The summed E-state index contributed by atoms with van der Waals surface area (Å²) in [5.41, 5.74) is 3.24. The van der Waals surface area contributed by atoms with Crippen molar-refractivity contribution < 1.29 is 0 Å². The van der Waals surface area contributed by atoms with Gasteiger partial charge in [0.1, 0.15) is 11.2 Å². The third kappa shape index (κ3) is 1.68. The Morgan fingerprint density at radius 2 is 1.89 bits per heavy atom. The van der Waals surface area contributed by atoms with Crippen LogP contribution in [0.5, 0.6) is 0 Å². The van der Waals surface area contributed by atoms with Gasteiger partial charge < -0.3 is 0 Å². The van der Waals surface area contributed by atoms with Crippen LogP contribution in [0.2, 0.25) is 0 Å². The first-order chi connectivity index (χ1) is 8.75. The predicted octanol–water partition coefficient (Wildman–Crippen LogP) is 2.29. The van der Waals surface area contributed by atoms with Crippen molar-refractivity contribution in [3.63, 3.8) is 0 Å². The van der Waals surface area contributed by atoms with Crippen LogP contribution in [0.3, 0.4) is 0 Å². The highest BCUT2D eigenvalue weighted by Crippen LogP contribution is 2.22. The molecule has 1 aromatic carbocycles. The van der Waals surface area contributed by atoms with E-state index in [-0.39, 0.29) is 5.56 Å². The number of pyridine rings is 1. The molecule has 0 amide bonds. The maximum absolute atomic E-state index is 11.7. The number of nitrogens with zero attached hydrogens (tertiary/aromatic N) is 2. The summed E-state index contributed by atoms with van der Waals surface area (Å²) >= 11 is 0. The van der Waals surface area contributed by atoms with Gasteiger partial charge in [0.05, 0.1) is 5.39 Å². The summed E-state index contributed by atoms with van der Waals surface area (Å²) in [4.78, 5) is 15.9. The Morgan fingerprint density at radius 3 is 2.67 bits per heavy atom. The summed E-state index contributed by atoms with van der Waals surface area (Å²) in [5.74, 6) is 0. The molecule has 3 aromatic rings. The number of fused-ring (bicyclic) bond motifs is 1. The Hall–Kier alpha value is -2.49. The van der Waals surface area contributed by atoms with Crippen molar-refractivity contribution in [2.75, 3.05) is 0 Å². The SMILES string of the molecule is Cc1ccc(-c2n[nH]c(=O)c3cccnc23)cc1. The number of rotatable bonds is 1. The first-order valence-electron chi connectivity index (χ1n) is 5.66. The third-order valence-electron chi connectivity index (χ3n) is 2.87. The van der Waals surface area contributed by atoms with E-state index in [0.29, 0.717) is 16.6 Å². The summed E-state index contributed by atoms with van der Waals surface area (Å²) in [6, 6.07) is 11.5. The van der Waals surface area contributed by atoms with Crippen molar-refractivity contribution >= 4 is 10.9 Å². The topological polar surface area (TPSA) is 58.6 Å². The van der Waals surface area contributed by atoms with E-state index < -0.39 is 0 Å². The van der Waals surface area contributed by atoms with Gasteiger partial charge in [-0.3, -0.25) is 9.78 Å². The molecule has 0 aliphatic rings. The van der Waals surface area contributed by atoms with E-state index in [0.717, 1.165) is 5.56 Å². The fourth-order valence-electron chi connectivity index (χ4n) is 1.91. The average Bonchev–Trinajstić information content (AvgIpc) is 2.41.